The maximum atomic E-state index is 5.15. The van der Waals surface area contributed by atoms with Crippen LogP contribution in [0.1, 0.15) is 0 Å². The van der Waals surface area contributed by atoms with Crippen molar-refractivity contribution in [3.8, 4) is 73.0 Å². The molecule has 0 unspecified atom stereocenters. The van der Waals surface area contributed by atoms with E-state index in [1.54, 1.807) is 0 Å². The minimum Gasteiger partial charge on any atom is -0.309 e. The Morgan fingerprint density at radius 2 is 1.00 bits per heavy atom. The van der Waals surface area contributed by atoms with E-state index in [-0.39, 0.29) is 0 Å². The number of para-hydroxylation sites is 1. The monoisotopic (exact) mass is 673 g/mol. The summed E-state index contributed by atoms with van der Waals surface area (Å²) in [5, 5.41) is 5.20. The van der Waals surface area contributed by atoms with Gasteiger partial charge in [-0.05, 0) is 68.9 Å². The lowest BCUT2D eigenvalue weighted by atomic mass is 9.96. The summed E-state index contributed by atoms with van der Waals surface area (Å²) in [7, 11) is 0. The molecule has 0 fully saturated rings. The molecule has 0 bridgehead atoms. The third kappa shape index (κ3) is 4.61. The van der Waals surface area contributed by atoms with Crippen molar-refractivity contribution < 1.29 is 0 Å². The van der Waals surface area contributed by atoms with Crippen molar-refractivity contribution >= 4 is 32.6 Å². The molecule has 11 rings (SSSR count). The van der Waals surface area contributed by atoms with Gasteiger partial charge in [0.25, 0.3) is 0 Å². The van der Waals surface area contributed by atoms with Gasteiger partial charge in [0.15, 0.2) is 5.82 Å². The van der Waals surface area contributed by atoms with Gasteiger partial charge in [0, 0.05) is 38.7 Å². The molecule has 0 spiro atoms. The van der Waals surface area contributed by atoms with Crippen molar-refractivity contribution in [2.75, 3.05) is 0 Å². The fourth-order valence-electron chi connectivity index (χ4n) is 8.42. The Hall–Kier alpha value is -7.10. The molecule has 0 saturated carbocycles. The van der Waals surface area contributed by atoms with Crippen LogP contribution in [0.4, 0.5) is 0 Å². The normalized spacial score (nSPS) is 11.8. The molecular formula is C50H31N3. The minimum atomic E-state index is 0.706. The van der Waals surface area contributed by atoms with Crippen LogP contribution in [0.3, 0.4) is 0 Å². The SMILES string of the molecule is c1ccc(-c2nc(-c3ccc(-n4c5ccccc5c5c6c(ccc54)-c4cccc5cccc-6c45)cc3)cc(-c3ccccc3-c3ccccc3)n2)cc1. The Bertz CT molecular complexity index is 3030. The lowest BCUT2D eigenvalue weighted by Crippen LogP contribution is -1.98. The Labute approximate surface area is 307 Å². The van der Waals surface area contributed by atoms with Crippen LogP contribution in [0.15, 0.2) is 188 Å². The second-order valence-electron chi connectivity index (χ2n) is 13.7. The summed E-state index contributed by atoms with van der Waals surface area (Å²) in [6.07, 6.45) is 0. The zero-order chi connectivity index (χ0) is 34.9. The van der Waals surface area contributed by atoms with Crippen LogP contribution < -0.4 is 0 Å². The van der Waals surface area contributed by atoms with E-state index in [9.17, 15) is 0 Å². The van der Waals surface area contributed by atoms with Crippen LogP contribution in [-0.4, -0.2) is 14.5 Å². The highest BCUT2D eigenvalue weighted by Gasteiger charge is 2.26. The predicted octanol–water partition coefficient (Wildman–Crippen LogP) is 13.0. The van der Waals surface area contributed by atoms with Crippen LogP contribution in [0.2, 0.25) is 0 Å². The van der Waals surface area contributed by atoms with E-state index in [1.165, 1.54) is 54.8 Å². The summed E-state index contributed by atoms with van der Waals surface area (Å²) in [6, 6.07) is 67.1. The third-order valence-corrected chi connectivity index (χ3v) is 10.8. The van der Waals surface area contributed by atoms with E-state index in [0.29, 0.717) is 5.82 Å². The van der Waals surface area contributed by atoms with E-state index in [0.717, 1.165) is 44.9 Å². The zero-order valence-corrected chi connectivity index (χ0v) is 28.7. The second-order valence-corrected chi connectivity index (χ2v) is 13.7. The van der Waals surface area contributed by atoms with Gasteiger partial charge in [-0.2, -0.15) is 0 Å². The average Bonchev–Trinajstić information content (AvgIpc) is 3.75. The quantitative estimate of drug-likeness (QED) is 0.182. The molecule has 1 aliphatic rings. The van der Waals surface area contributed by atoms with E-state index in [2.05, 4.69) is 174 Å². The number of fused-ring (bicyclic) bond motifs is 7. The molecule has 0 aliphatic heterocycles. The molecule has 0 saturated heterocycles. The van der Waals surface area contributed by atoms with Crippen molar-refractivity contribution in [3.63, 3.8) is 0 Å². The molecule has 0 atom stereocenters. The molecule has 3 heteroatoms. The summed E-state index contributed by atoms with van der Waals surface area (Å²) < 4.78 is 2.41. The number of nitrogens with zero attached hydrogens (tertiary/aromatic N) is 3. The summed E-state index contributed by atoms with van der Waals surface area (Å²) in [4.78, 5) is 10.3. The van der Waals surface area contributed by atoms with Gasteiger partial charge in [0.05, 0.1) is 22.4 Å². The number of benzene rings is 8. The van der Waals surface area contributed by atoms with Crippen molar-refractivity contribution in [1.29, 1.82) is 0 Å². The van der Waals surface area contributed by atoms with Gasteiger partial charge >= 0.3 is 0 Å². The van der Waals surface area contributed by atoms with Gasteiger partial charge in [-0.15, -0.1) is 0 Å². The third-order valence-electron chi connectivity index (χ3n) is 10.8. The number of hydrogen-bond donors (Lipinski definition) is 0. The van der Waals surface area contributed by atoms with Crippen molar-refractivity contribution in [1.82, 2.24) is 14.5 Å². The largest absolute Gasteiger partial charge is 0.309 e. The molecule has 2 heterocycles. The van der Waals surface area contributed by atoms with Crippen molar-refractivity contribution in [2.45, 2.75) is 0 Å². The Kier molecular flexibility index (Phi) is 6.55. The van der Waals surface area contributed by atoms with Crippen LogP contribution in [0.5, 0.6) is 0 Å². The fraction of sp³-hybridized carbons (Fsp3) is 0. The summed E-state index contributed by atoms with van der Waals surface area (Å²) >= 11 is 0. The minimum absolute atomic E-state index is 0.706. The molecule has 3 nitrogen and oxygen atoms in total. The maximum absolute atomic E-state index is 5.15. The topological polar surface area (TPSA) is 30.7 Å². The highest BCUT2D eigenvalue weighted by atomic mass is 15.0. The number of aromatic nitrogens is 3. The molecule has 246 valence electrons. The number of rotatable bonds is 5. The first-order chi connectivity index (χ1) is 26.3. The van der Waals surface area contributed by atoms with Crippen LogP contribution in [0.25, 0.3) is 106 Å². The van der Waals surface area contributed by atoms with Gasteiger partial charge in [-0.1, -0.05) is 158 Å². The van der Waals surface area contributed by atoms with Crippen LogP contribution in [0, 0.1) is 0 Å². The average molecular weight is 674 g/mol. The number of hydrogen-bond acceptors (Lipinski definition) is 2. The smallest absolute Gasteiger partial charge is 0.160 e. The van der Waals surface area contributed by atoms with E-state index >= 15 is 0 Å². The van der Waals surface area contributed by atoms with E-state index in [4.69, 9.17) is 9.97 Å². The summed E-state index contributed by atoms with van der Waals surface area (Å²) in [5.74, 6) is 0.706. The first-order valence-electron chi connectivity index (χ1n) is 18.1. The molecule has 10 aromatic rings. The van der Waals surface area contributed by atoms with E-state index in [1.807, 2.05) is 18.2 Å². The van der Waals surface area contributed by atoms with Gasteiger partial charge in [0.2, 0.25) is 0 Å². The van der Waals surface area contributed by atoms with E-state index < -0.39 is 0 Å². The fourth-order valence-corrected chi connectivity index (χ4v) is 8.42. The summed E-state index contributed by atoms with van der Waals surface area (Å²) in [5.41, 5.74) is 16.0. The second kappa shape index (κ2) is 11.7. The Balaban J connectivity index is 1.07. The molecular weight excluding hydrogens is 643 g/mol. The molecule has 8 aromatic carbocycles. The van der Waals surface area contributed by atoms with Crippen molar-refractivity contribution in [2.24, 2.45) is 0 Å². The van der Waals surface area contributed by atoms with Gasteiger partial charge < -0.3 is 4.57 Å². The standard InChI is InChI=1S/C50H31N3/c1-3-13-32(14-4-1)37-19-7-8-20-38(37)44-31-43(51-50(52-44)35-15-5-2-6-16-35)33-25-27-36(28-26-33)53-45-24-10-9-21-41(45)49-46(53)30-29-40-39-22-11-17-34-18-12-23-42(47(34)39)48(40)49/h1-31H. The van der Waals surface area contributed by atoms with Gasteiger partial charge in [-0.3, -0.25) is 0 Å². The van der Waals surface area contributed by atoms with Crippen LogP contribution in [-0.2, 0) is 0 Å². The van der Waals surface area contributed by atoms with Gasteiger partial charge in [0.1, 0.15) is 0 Å². The lowest BCUT2D eigenvalue weighted by Gasteiger charge is -2.14. The zero-order valence-electron chi connectivity index (χ0n) is 28.7. The first kappa shape index (κ1) is 29.6. The molecule has 0 radical (unpaired) electrons. The maximum Gasteiger partial charge on any atom is 0.160 e. The lowest BCUT2D eigenvalue weighted by molar-refractivity contribution is 1.17. The molecule has 2 aromatic heterocycles. The first-order valence-corrected chi connectivity index (χ1v) is 18.1. The molecule has 0 N–H and O–H groups in total. The summed E-state index contributed by atoms with van der Waals surface area (Å²) in [6.45, 7) is 0. The van der Waals surface area contributed by atoms with Crippen LogP contribution >= 0.6 is 0 Å². The molecule has 53 heavy (non-hydrogen) atoms. The highest BCUT2D eigenvalue weighted by molar-refractivity contribution is 6.26. The van der Waals surface area contributed by atoms with Crippen molar-refractivity contribution in [3.05, 3.63) is 188 Å². The predicted molar refractivity (Wildman–Crippen MR) is 220 cm³/mol. The molecule has 0 amide bonds. The Morgan fingerprint density at radius 1 is 0.358 bits per heavy atom. The highest BCUT2D eigenvalue weighted by Crippen LogP contribution is 2.52. The van der Waals surface area contributed by atoms with Gasteiger partial charge in [-0.25, -0.2) is 9.97 Å². The molecule has 1 aliphatic carbocycles. The Morgan fingerprint density at radius 3 is 1.79 bits per heavy atom.